The first-order chi connectivity index (χ1) is 32.4. The Labute approximate surface area is 414 Å². The van der Waals surface area contributed by atoms with E-state index in [4.69, 9.17) is 18.9 Å². The van der Waals surface area contributed by atoms with E-state index < -0.39 is 0 Å². The van der Waals surface area contributed by atoms with Crippen LogP contribution >= 0.6 is 0 Å². The summed E-state index contributed by atoms with van der Waals surface area (Å²) in [6.45, 7) is 14.2. The van der Waals surface area contributed by atoms with Crippen molar-refractivity contribution in [2.75, 3.05) is 33.7 Å². The molecule has 0 rings (SSSR count). The lowest BCUT2D eigenvalue weighted by Crippen LogP contribution is -2.38. The van der Waals surface area contributed by atoms with Crippen molar-refractivity contribution in [2.24, 2.45) is 0 Å². The van der Waals surface area contributed by atoms with E-state index in [9.17, 15) is 19.2 Å². The van der Waals surface area contributed by atoms with Crippen molar-refractivity contribution in [1.82, 2.24) is 9.80 Å². The number of carbonyl (C=O) groups excluding carboxylic acids is 4. The molecule has 67 heavy (non-hydrogen) atoms. The van der Waals surface area contributed by atoms with Crippen molar-refractivity contribution >= 4 is 24.0 Å². The molecule has 0 saturated carbocycles. The van der Waals surface area contributed by atoms with Gasteiger partial charge in [0.15, 0.2) is 0 Å². The summed E-state index contributed by atoms with van der Waals surface area (Å²) in [4.78, 5) is 55.5. The number of ether oxygens (including phenoxy) is 4. The van der Waals surface area contributed by atoms with Crippen LogP contribution in [0.3, 0.4) is 0 Å². The normalized spacial score (nSPS) is 11.7. The minimum atomic E-state index is -0.340. The minimum Gasteiger partial charge on any atom is -0.463 e. The Kier molecular flexibility index (Phi) is 45.7. The second-order valence-corrected chi connectivity index (χ2v) is 20.4. The van der Waals surface area contributed by atoms with Gasteiger partial charge in [-0.3, -0.25) is 14.4 Å². The van der Waals surface area contributed by atoms with E-state index in [-0.39, 0.29) is 61.4 Å². The summed E-state index contributed by atoms with van der Waals surface area (Å²) >= 11 is 0. The highest BCUT2D eigenvalue weighted by Crippen LogP contribution is 2.21. The predicted octanol–water partition coefficient (Wildman–Crippen LogP) is 16.0. The average molecular weight is 952 g/mol. The number of hydrogen-bond acceptors (Lipinski definition) is 9. The second kappa shape index (κ2) is 47.3. The lowest BCUT2D eigenvalue weighted by Gasteiger charge is -2.26. The fourth-order valence-corrected chi connectivity index (χ4v) is 8.81. The molecule has 0 atom stereocenters. The van der Waals surface area contributed by atoms with Gasteiger partial charge in [0.25, 0.3) is 0 Å². The first kappa shape index (κ1) is 64.6. The zero-order valence-electron chi connectivity index (χ0n) is 45.5. The maximum Gasteiger partial charge on any atom is 0.410 e. The van der Waals surface area contributed by atoms with Crippen LogP contribution in [-0.2, 0) is 33.3 Å². The highest BCUT2D eigenvalue weighted by atomic mass is 16.6. The third-order valence-corrected chi connectivity index (χ3v) is 12.9. The third-order valence-electron chi connectivity index (χ3n) is 12.9. The van der Waals surface area contributed by atoms with Crippen LogP contribution in [0.4, 0.5) is 4.79 Å². The molecule has 1 amide bonds. The number of rotatable bonds is 49. The molecule has 0 aromatic rings. The highest BCUT2D eigenvalue weighted by molar-refractivity contribution is 5.72. The van der Waals surface area contributed by atoms with E-state index >= 15 is 0 Å². The lowest BCUT2D eigenvalue weighted by molar-refractivity contribution is -0.151. The molecule has 0 aliphatic rings. The summed E-state index contributed by atoms with van der Waals surface area (Å²) in [6.07, 6.45) is 38.5. The van der Waals surface area contributed by atoms with Gasteiger partial charge in [-0.15, -0.1) is 0 Å². The minimum absolute atomic E-state index is 0.0294. The van der Waals surface area contributed by atoms with Crippen LogP contribution < -0.4 is 0 Å². The van der Waals surface area contributed by atoms with Gasteiger partial charge in [-0.1, -0.05) is 156 Å². The Morgan fingerprint density at radius 2 is 0.657 bits per heavy atom. The molecule has 0 saturated heterocycles. The van der Waals surface area contributed by atoms with Crippen LogP contribution in [0.15, 0.2) is 0 Å². The Bertz CT molecular complexity index is 1070. The van der Waals surface area contributed by atoms with Gasteiger partial charge in [-0.2, -0.15) is 0 Å². The fourth-order valence-electron chi connectivity index (χ4n) is 8.81. The number of unbranched alkanes of at least 4 members (excludes halogenated alkanes) is 22. The molecular weight excluding hydrogens is 841 g/mol. The van der Waals surface area contributed by atoms with Gasteiger partial charge >= 0.3 is 24.0 Å². The van der Waals surface area contributed by atoms with E-state index in [1.807, 2.05) is 27.9 Å². The van der Waals surface area contributed by atoms with E-state index in [1.54, 1.807) is 4.90 Å². The van der Waals surface area contributed by atoms with Gasteiger partial charge in [0, 0.05) is 25.9 Å². The molecule has 0 aliphatic carbocycles. The standard InChI is InChI=1S/C57H110N2O8/c1-9-13-17-29-38-51(39-30-18-14-10-2)65-54(60)44-35-27-23-21-25-33-42-53(67-57(63)59(48-37-47-58(7)8)49-46-56(62)64-50(5)6)43-34-26-22-24-28-36-45-55(61)66-52(40-31-19-15-11-3)41-32-20-16-12-4/h50-53H,9-49H2,1-8H3. The predicted molar refractivity (Wildman–Crippen MR) is 280 cm³/mol. The molecule has 0 aliphatic heterocycles. The summed E-state index contributed by atoms with van der Waals surface area (Å²) in [5.41, 5.74) is 0. The molecule has 0 N–H and O–H groups in total. The van der Waals surface area contributed by atoms with Gasteiger partial charge in [-0.05, 0) is 131 Å². The summed E-state index contributed by atoms with van der Waals surface area (Å²) in [7, 11) is 4.04. The van der Waals surface area contributed by atoms with Gasteiger partial charge in [0.2, 0.25) is 0 Å². The largest absolute Gasteiger partial charge is 0.463 e. The third kappa shape index (κ3) is 43.4. The zero-order valence-corrected chi connectivity index (χ0v) is 45.5. The summed E-state index contributed by atoms with van der Waals surface area (Å²) < 4.78 is 23.6. The Hall–Kier alpha value is -2.36. The number of nitrogens with zero attached hydrogens (tertiary/aromatic N) is 2. The van der Waals surface area contributed by atoms with E-state index in [0.717, 1.165) is 154 Å². The Morgan fingerprint density at radius 3 is 1.00 bits per heavy atom. The van der Waals surface area contributed by atoms with E-state index in [0.29, 0.717) is 19.4 Å². The van der Waals surface area contributed by atoms with Crippen LogP contribution in [0.5, 0.6) is 0 Å². The van der Waals surface area contributed by atoms with Crippen LogP contribution in [0, 0.1) is 0 Å². The second-order valence-electron chi connectivity index (χ2n) is 20.4. The fraction of sp³-hybridized carbons (Fsp3) is 0.930. The lowest BCUT2D eigenvalue weighted by atomic mass is 10.0. The Balaban J connectivity index is 5.08. The van der Waals surface area contributed by atoms with Crippen molar-refractivity contribution in [3.8, 4) is 0 Å². The summed E-state index contributed by atoms with van der Waals surface area (Å²) in [6, 6.07) is 0. The van der Waals surface area contributed by atoms with Gasteiger partial charge in [-0.25, -0.2) is 4.79 Å². The average Bonchev–Trinajstić information content (AvgIpc) is 3.28. The molecule has 0 bridgehead atoms. The number of hydrogen-bond donors (Lipinski definition) is 0. The number of esters is 3. The van der Waals surface area contributed by atoms with Crippen LogP contribution in [0.1, 0.15) is 286 Å². The Morgan fingerprint density at radius 1 is 0.343 bits per heavy atom. The molecule has 0 unspecified atom stereocenters. The molecule has 10 nitrogen and oxygen atoms in total. The zero-order chi connectivity index (χ0) is 49.6. The smallest absolute Gasteiger partial charge is 0.410 e. The van der Waals surface area contributed by atoms with Crippen molar-refractivity contribution < 1.29 is 38.1 Å². The molecule has 0 spiro atoms. The summed E-state index contributed by atoms with van der Waals surface area (Å²) in [5, 5.41) is 0. The van der Waals surface area contributed by atoms with E-state index in [1.165, 1.54) is 77.0 Å². The van der Waals surface area contributed by atoms with E-state index in [2.05, 4.69) is 32.6 Å². The molecule has 0 aromatic carbocycles. The first-order valence-corrected chi connectivity index (χ1v) is 28.6. The van der Waals surface area contributed by atoms with Gasteiger partial charge < -0.3 is 28.7 Å². The van der Waals surface area contributed by atoms with Crippen molar-refractivity contribution in [1.29, 1.82) is 0 Å². The van der Waals surface area contributed by atoms with Crippen LogP contribution in [0.25, 0.3) is 0 Å². The molecule has 10 heteroatoms. The maximum absolute atomic E-state index is 13.7. The van der Waals surface area contributed by atoms with Gasteiger partial charge in [0.1, 0.15) is 18.3 Å². The van der Waals surface area contributed by atoms with Crippen molar-refractivity contribution in [3.05, 3.63) is 0 Å². The van der Waals surface area contributed by atoms with Crippen LogP contribution in [-0.4, -0.2) is 91.9 Å². The highest BCUT2D eigenvalue weighted by Gasteiger charge is 2.22. The SMILES string of the molecule is CCCCCCC(CCCCCC)OC(=O)CCCCCCCCC(CCCCCCCCC(=O)OC(CCCCCC)CCCCCC)OC(=O)N(CCCN(C)C)CCC(=O)OC(C)C. The summed E-state index contributed by atoms with van der Waals surface area (Å²) in [5.74, 6) is -0.359. The topological polar surface area (TPSA) is 112 Å². The van der Waals surface area contributed by atoms with Crippen molar-refractivity contribution in [2.45, 2.75) is 310 Å². The maximum atomic E-state index is 13.7. The monoisotopic (exact) mass is 951 g/mol. The number of carbonyl (C=O) groups is 4. The number of amides is 1. The quantitative estimate of drug-likeness (QED) is 0.0334. The van der Waals surface area contributed by atoms with Gasteiger partial charge in [0.05, 0.1) is 12.5 Å². The van der Waals surface area contributed by atoms with Crippen molar-refractivity contribution in [3.63, 3.8) is 0 Å². The first-order valence-electron chi connectivity index (χ1n) is 28.6. The molecule has 396 valence electrons. The molecule has 0 fully saturated rings. The molecular formula is C57H110N2O8. The molecule has 0 heterocycles. The molecule has 0 radical (unpaired) electrons. The van der Waals surface area contributed by atoms with Crippen LogP contribution in [0.2, 0.25) is 0 Å². The molecule has 0 aromatic heterocycles.